The summed E-state index contributed by atoms with van der Waals surface area (Å²) in [5.74, 6) is 0. The number of fused-ring (bicyclic) bond motifs is 11. The Bertz CT molecular complexity index is 3240. The topological polar surface area (TPSA) is 38.7 Å². The molecule has 0 atom stereocenters. The van der Waals surface area contributed by atoms with Gasteiger partial charge in [-0.2, -0.15) is 0 Å². The molecule has 0 radical (unpaired) electrons. The van der Waals surface area contributed by atoms with Crippen LogP contribution in [0.5, 0.6) is 0 Å². The Morgan fingerprint density at radius 3 is 1.96 bits per heavy atom. The Kier molecular flexibility index (Phi) is 6.25. The van der Waals surface area contributed by atoms with Crippen molar-refractivity contribution < 1.29 is 0 Å². The number of pyridine rings is 3. The largest absolute Gasteiger partial charge is 0.254 e. The van der Waals surface area contributed by atoms with Gasteiger partial charge >= 0.3 is 0 Å². The third kappa shape index (κ3) is 4.43. The van der Waals surface area contributed by atoms with E-state index >= 15 is 0 Å². The van der Waals surface area contributed by atoms with Crippen LogP contribution in [0, 0.1) is 0 Å². The van der Waals surface area contributed by atoms with Crippen LogP contribution in [0.3, 0.4) is 0 Å². The highest BCUT2D eigenvalue weighted by molar-refractivity contribution is 6.22. The molecule has 0 unspecified atom stereocenters. The molecule has 3 heterocycles. The van der Waals surface area contributed by atoms with Gasteiger partial charge in [0.15, 0.2) is 0 Å². The Morgan fingerprint density at radius 2 is 1.00 bits per heavy atom. The molecule has 0 bridgehead atoms. The third-order valence-corrected chi connectivity index (χ3v) is 10.7. The van der Waals surface area contributed by atoms with Crippen molar-refractivity contribution in [2.24, 2.45) is 0 Å². The van der Waals surface area contributed by atoms with Crippen LogP contribution in [0.1, 0.15) is 0 Å². The fourth-order valence-corrected chi connectivity index (χ4v) is 8.21. The van der Waals surface area contributed by atoms with E-state index in [2.05, 4.69) is 157 Å². The summed E-state index contributed by atoms with van der Waals surface area (Å²) in [6.45, 7) is 0. The highest BCUT2D eigenvalue weighted by Gasteiger charge is 2.15. The molecule has 0 aliphatic rings. The average molecular weight is 660 g/mol. The number of hydrogen-bond donors (Lipinski definition) is 0. The first-order chi connectivity index (χ1) is 25.8. The smallest absolute Gasteiger partial charge is 0.0970 e. The summed E-state index contributed by atoms with van der Waals surface area (Å²) in [4.78, 5) is 14.7. The first kappa shape index (κ1) is 28.8. The molecular weight excluding hydrogens is 631 g/mol. The van der Waals surface area contributed by atoms with Crippen molar-refractivity contribution in [2.75, 3.05) is 0 Å². The van der Waals surface area contributed by atoms with Crippen LogP contribution < -0.4 is 0 Å². The first-order valence-electron chi connectivity index (χ1n) is 17.7. The molecule has 3 aromatic heterocycles. The molecule has 0 spiro atoms. The minimum Gasteiger partial charge on any atom is -0.254 e. The molecule has 3 heteroatoms. The van der Waals surface area contributed by atoms with Gasteiger partial charge in [-0.25, -0.2) is 4.98 Å². The zero-order valence-electron chi connectivity index (χ0n) is 28.1. The second-order valence-electron chi connectivity index (χ2n) is 13.6. The fourth-order valence-electron chi connectivity index (χ4n) is 8.21. The highest BCUT2D eigenvalue weighted by atomic mass is 14.7. The maximum absolute atomic E-state index is 5.27. The van der Waals surface area contributed by atoms with Crippen molar-refractivity contribution in [3.8, 4) is 33.5 Å². The summed E-state index contributed by atoms with van der Waals surface area (Å²) in [5.41, 5.74) is 9.67. The number of benzene rings is 8. The van der Waals surface area contributed by atoms with E-state index < -0.39 is 0 Å². The lowest BCUT2D eigenvalue weighted by molar-refractivity contribution is 1.37. The van der Waals surface area contributed by atoms with E-state index in [1.165, 1.54) is 70.7 Å². The number of hydrogen-bond acceptors (Lipinski definition) is 3. The lowest BCUT2D eigenvalue weighted by Crippen LogP contribution is -1.91. The molecular formula is C49H29N3. The minimum absolute atomic E-state index is 0.932. The van der Waals surface area contributed by atoms with Crippen LogP contribution in [0.15, 0.2) is 176 Å². The van der Waals surface area contributed by atoms with Crippen molar-refractivity contribution in [1.82, 2.24) is 15.0 Å². The molecule has 0 saturated heterocycles. The molecule has 0 aliphatic carbocycles. The van der Waals surface area contributed by atoms with Gasteiger partial charge in [0.05, 0.1) is 22.2 Å². The molecule has 11 rings (SSSR count). The van der Waals surface area contributed by atoms with Crippen molar-refractivity contribution in [1.29, 1.82) is 0 Å². The Hall–Kier alpha value is -6.97. The molecule has 0 fully saturated rings. The monoisotopic (exact) mass is 659 g/mol. The van der Waals surface area contributed by atoms with Gasteiger partial charge in [0, 0.05) is 44.9 Å². The predicted octanol–water partition coefficient (Wildman–Crippen LogP) is 12.9. The number of aromatic nitrogens is 3. The predicted molar refractivity (Wildman–Crippen MR) is 219 cm³/mol. The second-order valence-corrected chi connectivity index (χ2v) is 13.6. The van der Waals surface area contributed by atoms with E-state index in [9.17, 15) is 0 Å². The summed E-state index contributed by atoms with van der Waals surface area (Å²) >= 11 is 0. The van der Waals surface area contributed by atoms with E-state index in [0.717, 1.165) is 38.6 Å². The van der Waals surface area contributed by atoms with Gasteiger partial charge in [0.25, 0.3) is 0 Å². The molecule has 0 saturated carbocycles. The molecule has 3 nitrogen and oxygen atoms in total. The Labute approximate surface area is 299 Å². The molecule has 0 N–H and O–H groups in total. The molecule has 8 aromatic carbocycles. The van der Waals surface area contributed by atoms with Crippen LogP contribution in [0.4, 0.5) is 0 Å². The molecule has 52 heavy (non-hydrogen) atoms. The van der Waals surface area contributed by atoms with E-state index in [4.69, 9.17) is 9.97 Å². The maximum Gasteiger partial charge on any atom is 0.0970 e. The van der Waals surface area contributed by atoms with E-state index in [1.807, 2.05) is 24.5 Å². The SMILES string of the molecule is c1cc(-c2ccc3ccc4cc(-c5cc6cccnc6c6ncccc56)ccc4c3c2)cc(-c2nc3ccccc3c3c2ccc2ccccc23)c1. The lowest BCUT2D eigenvalue weighted by atomic mass is 9.92. The molecule has 0 aliphatic heterocycles. The van der Waals surface area contributed by atoms with E-state index in [1.54, 1.807) is 0 Å². The van der Waals surface area contributed by atoms with Gasteiger partial charge in [-0.1, -0.05) is 121 Å². The standard InChI is InChI=1S/C49H29N3/c1-2-12-39-30(8-1)20-23-42-46(39)41-13-3-4-15-45(41)52-47(42)36-10-5-9-32(26-36)33-18-16-31-17-19-34-27-35(21-22-38(34)43(31)28-33)44-29-37-11-6-24-50-48(37)49-40(44)14-7-25-51-49/h1-29H. The van der Waals surface area contributed by atoms with Crippen molar-refractivity contribution in [2.45, 2.75) is 0 Å². The van der Waals surface area contributed by atoms with Gasteiger partial charge < -0.3 is 0 Å². The maximum atomic E-state index is 5.27. The van der Waals surface area contributed by atoms with E-state index in [-0.39, 0.29) is 0 Å². The van der Waals surface area contributed by atoms with E-state index in [0.29, 0.717) is 0 Å². The van der Waals surface area contributed by atoms with Gasteiger partial charge in [0.2, 0.25) is 0 Å². The van der Waals surface area contributed by atoms with Gasteiger partial charge in [-0.3, -0.25) is 9.97 Å². The third-order valence-electron chi connectivity index (χ3n) is 10.7. The minimum atomic E-state index is 0.932. The molecule has 0 amide bonds. The highest BCUT2D eigenvalue weighted by Crippen LogP contribution is 2.40. The zero-order chi connectivity index (χ0) is 34.2. The van der Waals surface area contributed by atoms with Crippen LogP contribution in [-0.4, -0.2) is 15.0 Å². The number of para-hydroxylation sites is 1. The summed E-state index contributed by atoms with van der Waals surface area (Å²) < 4.78 is 0. The van der Waals surface area contributed by atoms with Gasteiger partial charge in [-0.15, -0.1) is 0 Å². The lowest BCUT2D eigenvalue weighted by Gasteiger charge is -2.14. The average Bonchev–Trinajstić information content (AvgIpc) is 3.22. The summed E-state index contributed by atoms with van der Waals surface area (Å²) in [6, 6.07) is 59.1. The molecule has 240 valence electrons. The summed E-state index contributed by atoms with van der Waals surface area (Å²) in [7, 11) is 0. The van der Waals surface area contributed by atoms with Crippen LogP contribution >= 0.6 is 0 Å². The van der Waals surface area contributed by atoms with Crippen molar-refractivity contribution in [3.05, 3.63) is 176 Å². The number of nitrogens with zero attached hydrogens (tertiary/aromatic N) is 3. The normalized spacial score (nSPS) is 11.8. The van der Waals surface area contributed by atoms with Gasteiger partial charge in [0.1, 0.15) is 0 Å². The second kappa shape index (κ2) is 11.3. The van der Waals surface area contributed by atoms with Crippen LogP contribution in [-0.2, 0) is 0 Å². The summed E-state index contributed by atoms with van der Waals surface area (Å²) in [6.07, 6.45) is 3.69. The molecule has 11 aromatic rings. The van der Waals surface area contributed by atoms with Crippen molar-refractivity contribution >= 4 is 75.8 Å². The fraction of sp³-hybridized carbons (Fsp3) is 0. The van der Waals surface area contributed by atoms with Crippen LogP contribution in [0.2, 0.25) is 0 Å². The number of rotatable bonds is 3. The Morgan fingerprint density at radius 1 is 0.327 bits per heavy atom. The summed E-state index contributed by atoms with van der Waals surface area (Å²) in [5, 5.41) is 13.2. The zero-order valence-corrected chi connectivity index (χ0v) is 28.1. The van der Waals surface area contributed by atoms with Crippen molar-refractivity contribution in [3.63, 3.8) is 0 Å². The van der Waals surface area contributed by atoms with Gasteiger partial charge in [-0.05, 0) is 97.0 Å². The quantitative estimate of drug-likeness (QED) is 0.177. The van der Waals surface area contributed by atoms with Crippen LogP contribution in [0.25, 0.3) is 109 Å². The Balaban J connectivity index is 1.05. The first-order valence-corrected chi connectivity index (χ1v) is 17.7.